The van der Waals surface area contributed by atoms with Gasteiger partial charge >= 0.3 is 0 Å². The lowest BCUT2D eigenvalue weighted by atomic mass is 10.1. The first-order chi connectivity index (χ1) is 21.9. The van der Waals surface area contributed by atoms with Gasteiger partial charge in [-0.2, -0.15) is 0 Å². The number of hydrogen-bond acceptors (Lipinski definition) is 8. The van der Waals surface area contributed by atoms with Gasteiger partial charge in [-0.25, -0.2) is 9.97 Å². The number of pyridine rings is 1. The molecular weight excluding hydrogens is 564 g/mol. The molecule has 1 aliphatic heterocycles. The first-order valence-corrected chi connectivity index (χ1v) is 16.7. The van der Waals surface area contributed by atoms with Gasteiger partial charge in [-0.15, -0.1) is 0 Å². The Morgan fingerprint density at radius 3 is 2.58 bits per heavy atom. The maximum Gasteiger partial charge on any atom is 0.152 e. The van der Waals surface area contributed by atoms with Gasteiger partial charge in [0, 0.05) is 45.1 Å². The lowest BCUT2D eigenvalue weighted by Gasteiger charge is -2.29. The molecule has 0 amide bonds. The van der Waals surface area contributed by atoms with E-state index in [1.54, 1.807) is 7.11 Å². The lowest BCUT2D eigenvalue weighted by Crippen LogP contribution is -2.38. The third-order valence-electron chi connectivity index (χ3n) is 8.93. The zero-order chi connectivity index (χ0) is 31.6. The van der Waals surface area contributed by atoms with Crippen LogP contribution in [0.4, 0.5) is 5.82 Å². The minimum Gasteiger partial charge on any atom is -0.488 e. The summed E-state index contributed by atoms with van der Waals surface area (Å²) in [5.74, 6) is 2.44. The Bertz CT molecular complexity index is 1510. The lowest BCUT2D eigenvalue weighted by molar-refractivity contribution is 0.0359. The number of para-hydroxylation sites is 1. The van der Waals surface area contributed by atoms with Crippen molar-refractivity contribution in [3.63, 3.8) is 0 Å². The SMILES string of the molecule is CCC(C)(C)Oc1cccc(CN(CCCCn2c(CCOC)nc3c(N)nc4ccccc4c32)CCCN2CCOCC2)c1. The predicted octanol–water partition coefficient (Wildman–Crippen LogP) is 5.93. The van der Waals surface area contributed by atoms with Crippen LogP contribution in [0.5, 0.6) is 5.75 Å². The second kappa shape index (κ2) is 15.9. The topological polar surface area (TPSA) is 90.9 Å². The molecule has 2 aromatic heterocycles. The van der Waals surface area contributed by atoms with Crippen molar-refractivity contribution < 1.29 is 14.2 Å². The highest BCUT2D eigenvalue weighted by molar-refractivity contribution is 6.06. The van der Waals surface area contributed by atoms with E-state index in [0.29, 0.717) is 12.4 Å². The summed E-state index contributed by atoms with van der Waals surface area (Å²) in [7, 11) is 1.73. The molecule has 2 aromatic carbocycles. The van der Waals surface area contributed by atoms with Crippen molar-refractivity contribution in [3.8, 4) is 5.75 Å². The number of imidazole rings is 1. The first kappa shape index (κ1) is 33.1. The summed E-state index contributed by atoms with van der Waals surface area (Å²) in [5, 5.41) is 1.09. The molecule has 0 spiro atoms. The van der Waals surface area contributed by atoms with Crippen LogP contribution in [0.1, 0.15) is 57.8 Å². The van der Waals surface area contributed by atoms with E-state index in [1.165, 1.54) is 5.56 Å². The number of nitrogens with two attached hydrogens (primary N) is 1. The number of aromatic nitrogens is 3. The summed E-state index contributed by atoms with van der Waals surface area (Å²) in [5.41, 5.74) is 10.3. The van der Waals surface area contributed by atoms with E-state index in [2.05, 4.69) is 76.5 Å². The molecule has 45 heavy (non-hydrogen) atoms. The van der Waals surface area contributed by atoms with E-state index in [9.17, 15) is 0 Å². The second-order valence-electron chi connectivity index (χ2n) is 12.8. The standard InChI is InChI=1S/C36H52N6O3/c1-5-36(2,3)45-29-13-10-12-28(26-29)27-41(19-11-18-40-21-24-44-25-22-40)17-8-9-20-42-32(16-23-43-4)39-33-34(42)30-14-6-7-15-31(30)38-35(33)37/h6-7,10,12-15,26H,5,8-9,11,16-25,27H2,1-4H3,(H2,37,38). The first-order valence-electron chi connectivity index (χ1n) is 16.7. The molecule has 0 aliphatic carbocycles. The van der Waals surface area contributed by atoms with Crippen molar-refractivity contribution in [2.24, 2.45) is 0 Å². The van der Waals surface area contributed by atoms with Crippen molar-refractivity contribution in [2.45, 2.75) is 71.6 Å². The van der Waals surface area contributed by atoms with Crippen molar-refractivity contribution in [1.29, 1.82) is 0 Å². The summed E-state index contributed by atoms with van der Waals surface area (Å²) >= 11 is 0. The molecule has 5 rings (SSSR count). The second-order valence-corrected chi connectivity index (χ2v) is 12.8. The van der Waals surface area contributed by atoms with Gasteiger partial charge in [0.1, 0.15) is 22.7 Å². The van der Waals surface area contributed by atoms with Crippen LogP contribution in [0, 0.1) is 0 Å². The quantitative estimate of drug-likeness (QED) is 0.146. The van der Waals surface area contributed by atoms with E-state index < -0.39 is 0 Å². The number of methoxy groups -OCH3 is 1. The molecule has 0 unspecified atom stereocenters. The van der Waals surface area contributed by atoms with Crippen LogP contribution in [0.3, 0.4) is 0 Å². The number of aryl methyl sites for hydroxylation is 1. The number of unbranched alkanes of at least 4 members (excludes halogenated alkanes) is 1. The molecular formula is C36H52N6O3. The molecule has 9 nitrogen and oxygen atoms in total. The minimum atomic E-state index is -0.178. The normalized spacial score (nSPS) is 14.6. The molecule has 0 atom stereocenters. The molecule has 1 saturated heterocycles. The number of anilines is 1. The van der Waals surface area contributed by atoms with Crippen LogP contribution < -0.4 is 10.5 Å². The number of benzene rings is 2. The van der Waals surface area contributed by atoms with Gasteiger partial charge in [0.05, 0.1) is 30.9 Å². The Morgan fingerprint density at radius 1 is 0.978 bits per heavy atom. The van der Waals surface area contributed by atoms with E-state index >= 15 is 0 Å². The number of ether oxygens (including phenoxy) is 3. The smallest absolute Gasteiger partial charge is 0.152 e. The average Bonchev–Trinajstić information content (AvgIpc) is 3.41. The molecule has 4 aromatic rings. The van der Waals surface area contributed by atoms with Gasteiger partial charge in [0.25, 0.3) is 0 Å². The van der Waals surface area contributed by atoms with E-state index in [-0.39, 0.29) is 5.60 Å². The molecule has 244 valence electrons. The van der Waals surface area contributed by atoms with Gasteiger partial charge in [0.2, 0.25) is 0 Å². The zero-order valence-electron chi connectivity index (χ0n) is 27.8. The highest BCUT2D eigenvalue weighted by atomic mass is 16.5. The Kier molecular flexibility index (Phi) is 11.7. The Hall–Kier alpha value is -3.24. The van der Waals surface area contributed by atoms with E-state index in [0.717, 1.165) is 125 Å². The number of nitrogen functional groups attached to an aromatic ring is 1. The van der Waals surface area contributed by atoms with Crippen LogP contribution >= 0.6 is 0 Å². The van der Waals surface area contributed by atoms with Crippen LogP contribution in [0.15, 0.2) is 48.5 Å². The van der Waals surface area contributed by atoms with Crippen LogP contribution in [-0.4, -0.2) is 89.6 Å². The van der Waals surface area contributed by atoms with E-state index in [1.807, 2.05) is 12.1 Å². The van der Waals surface area contributed by atoms with E-state index in [4.69, 9.17) is 24.9 Å². The largest absolute Gasteiger partial charge is 0.488 e. The van der Waals surface area contributed by atoms with Crippen molar-refractivity contribution >= 4 is 27.8 Å². The summed E-state index contributed by atoms with van der Waals surface area (Å²) in [6, 6.07) is 16.9. The average molecular weight is 617 g/mol. The summed E-state index contributed by atoms with van der Waals surface area (Å²) in [6.07, 6.45) is 4.96. The molecule has 3 heterocycles. The molecule has 1 fully saturated rings. The highest BCUT2D eigenvalue weighted by Gasteiger charge is 2.19. The van der Waals surface area contributed by atoms with Gasteiger partial charge in [-0.05, 0) is 82.9 Å². The van der Waals surface area contributed by atoms with Crippen LogP contribution in [0.25, 0.3) is 21.9 Å². The third-order valence-corrected chi connectivity index (χ3v) is 8.93. The molecule has 9 heteroatoms. The maximum absolute atomic E-state index is 6.41. The monoisotopic (exact) mass is 616 g/mol. The maximum atomic E-state index is 6.41. The third kappa shape index (κ3) is 8.94. The van der Waals surface area contributed by atoms with Crippen molar-refractivity contribution in [2.75, 3.05) is 65.4 Å². The fraction of sp³-hybridized carbons (Fsp3) is 0.556. The molecule has 0 saturated carbocycles. The summed E-state index contributed by atoms with van der Waals surface area (Å²) < 4.78 is 19.7. The Balaban J connectivity index is 1.28. The molecule has 0 radical (unpaired) electrons. The van der Waals surface area contributed by atoms with Gasteiger partial charge in [-0.1, -0.05) is 37.3 Å². The zero-order valence-corrected chi connectivity index (χ0v) is 27.8. The van der Waals surface area contributed by atoms with Gasteiger partial charge < -0.3 is 24.5 Å². The number of rotatable bonds is 17. The summed E-state index contributed by atoms with van der Waals surface area (Å²) in [6.45, 7) is 15.8. The Labute approximate surface area is 268 Å². The summed E-state index contributed by atoms with van der Waals surface area (Å²) in [4.78, 5) is 14.7. The Morgan fingerprint density at radius 2 is 1.78 bits per heavy atom. The number of hydrogen-bond donors (Lipinski definition) is 1. The van der Waals surface area contributed by atoms with Gasteiger partial charge in [-0.3, -0.25) is 9.80 Å². The minimum absolute atomic E-state index is 0.178. The number of fused-ring (bicyclic) bond motifs is 3. The van der Waals surface area contributed by atoms with Crippen LogP contribution in [0.2, 0.25) is 0 Å². The fourth-order valence-electron chi connectivity index (χ4n) is 6.10. The van der Waals surface area contributed by atoms with Gasteiger partial charge in [0.15, 0.2) is 5.82 Å². The molecule has 2 N–H and O–H groups in total. The molecule has 1 aliphatic rings. The molecule has 0 bridgehead atoms. The fourth-order valence-corrected chi connectivity index (χ4v) is 6.10. The number of nitrogens with zero attached hydrogens (tertiary/aromatic N) is 5. The number of morpholine rings is 1. The van der Waals surface area contributed by atoms with Crippen molar-refractivity contribution in [1.82, 2.24) is 24.3 Å². The van der Waals surface area contributed by atoms with Crippen LogP contribution in [-0.2, 0) is 29.0 Å². The predicted molar refractivity (Wildman–Crippen MR) is 183 cm³/mol. The highest BCUT2D eigenvalue weighted by Crippen LogP contribution is 2.29. The van der Waals surface area contributed by atoms with Crippen molar-refractivity contribution in [3.05, 3.63) is 59.9 Å².